The summed E-state index contributed by atoms with van der Waals surface area (Å²) in [5.74, 6) is 0.618. The molecule has 1 amide bonds. The average molecular weight is 515 g/mol. The number of ether oxygens (including phenoxy) is 2. The Morgan fingerprint density at radius 3 is 2.66 bits per heavy atom. The maximum atomic E-state index is 12.0. The summed E-state index contributed by atoms with van der Waals surface area (Å²) in [7, 11) is 0. The zero-order valence-corrected chi connectivity index (χ0v) is 21.4. The predicted octanol–water partition coefficient (Wildman–Crippen LogP) is 4.89. The van der Waals surface area contributed by atoms with Crippen LogP contribution in [0.3, 0.4) is 0 Å². The molecule has 2 aromatic carbocycles. The Hall–Kier alpha value is -4.36. The van der Waals surface area contributed by atoms with Gasteiger partial charge in [0, 0.05) is 23.2 Å². The first-order chi connectivity index (χ1) is 18.4. The molecule has 2 heterocycles. The molecule has 1 aliphatic carbocycles. The third kappa shape index (κ3) is 5.33. The van der Waals surface area contributed by atoms with E-state index in [0.29, 0.717) is 17.0 Å². The smallest absolute Gasteiger partial charge is 0.411 e. The van der Waals surface area contributed by atoms with Crippen LogP contribution in [0.5, 0.6) is 5.75 Å². The lowest BCUT2D eigenvalue weighted by molar-refractivity contribution is 0.0893. The van der Waals surface area contributed by atoms with Gasteiger partial charge in [-0.25, -0.2) is 9.78 Å². The lowest BCUT2D eigenvalue weighted by atomic mass is 9.92. The second kappa shape index (κ2) is 10.9. The van der Waals surface area contributed by atoms with Crippen LogP contribution >= 0.6 is 0 Å². The number of aliphatic hydroxyl groups excluding tert-OH is 1. The molecule has 0 saturated heterocycles. The number of benzene rings is 2. The Morgan fingerprint density at radius 2 is 2.03 bits per heavy atom. The Labute approximate surface area is 220 Å². The lowest BCUT2D eigenvalue weighted by Crippen LogP contribution is -2.23. The van der Waals surface area contributed by atoms with Crippen LogP contribution in [-0.2, 0) is 11.3 Å². The molecule has 0 spiro atoms. The van der Waals surface area contributed by atoms with Crippen LogP contribution in [0.4, 0.5) is 10.5 Å². The number of nitrogens with zero attached hydrogens (tertiary/aromatic N) is 5. The van der Waals surface area contributed by atoms with Crippen molar-refractivity contribution in [3.8, 4) is 23.1 Å². The topological polar surface area (TPSA) is 127 Å². The second-order valence-electron chi connectivity index (χ2n) is 9.71. The van der Waals surface area contributed by atoms with Crippen LogP contribution in [0, 0.1) is 11.3 Å². The Kier molecular flexibility index (Phi) is 7.29. The normalized spacial score (nSPS) is 14.2. The summed E-state index contributed by atoms with van der Waals surface area (Å²) in [4.78, 5) is 15.9. The molecule has 1 atom stereocenters. The number of aliphatic hydroxyl groups is 1. The van der Waals surface area contributed by atoms with E-state index in [-0.39, 0.29) is 25.3 Å². The maximum absolute atomic E-state index is 12.0. The van der Waals surface area contributed by atoms with Gasteiger partial charge in [0.25, 0.3) is 0 Å². The van der Waals surface area contributed by atoms with Gasteiger partial charge in [0.1, 0.15) is 37.2 Å². The Bertz CT molecular complexity index is 1450. The molecule has 0 radical (unpaired) electrons. The number of nitriles is 1. The Balaban J connectivity index is 1.44. The molecule has 1 fully saturated rings. The van der Waals surface area contributed by atoms with E-state index in [1.165, 1.54) is 6.33 Å². The number of anilines is 1. The fourth-order valence-corrected chi connectivity index (χ4v) is 4.66. The van der Waals surface area contributed by atoms with E-state index in [9.17, 15) is 15.2 Å². The van der Waals surface area contributed by atoms with Crippen molar-refractivity contribution in [2.75, 3.05) is 11.9 Å². The van der Waals surface area contributed by atoms with Gasteiger partial charge < -0.3 is 19.1 Å². The molecule has 1 unspecified atom stereocenters. The molecule has 2 N–H and O–H groups in total. The Morgan fingerprint density at radius 1 is 1.24 bits per heavy atom. The number of carbonyl (C=O) groups is 1. The van der Waals surface area contributed by atoms with E-state index in [0.717, 1.165) is 41.4 Å². The first-order valence-electron chi connectivity index (χ1n) is 12.7. The molecular weight excluding hydrogens is 484 g/mol. The third-order valence-electron chi connectivity index (χ3n) is 6.58. The number of hydrogen-bond acceptors (Lipinski definition) is 7. The number of fused-ring (bicyclic) bond motifs is 1. The largest absolute Gasteiger partial charge is 0.491 e. The highest BCUT2D eigenvalue weighted by molar-refractivity contribution is 5.96. The highest BCUT2D eigenvalue weighted by atomic mass is 16.6. The quantitative estimate of drug-likeness (QED) is 0.325. The van der Waals surface area contributed by atoms with Crippen molar-refractivity contribution in [2.45, 2.75) is 57.9 Å². The van der Waals surface area contributed by atoms with Gasteiger partial charge in [-0.05, 0) is 62.9 Å². The van der Waals surface area contributed by atoms with Crippen molar-refractivity contribution in [1.29, 1.82) is 5.26 Å². The summed E-state index contributed by atoms with van der Waals surface area (Å²) in [5, 5.41) is 28.1. The molecule has 196 valence electrons. The van der Waals surface area contributed by atoms with Crippen LogP contribution in [0.25, 0.3) is 22.2 Å². The minimum Gasteiger partial charge on any atom is -0.491 e. The first-order valence-corrected chi connectivity index (χ1v) is 12.7. The lowest BCUT2D eigenvalue weighted by Gasteiger charge is -2.30. The van der Waals surface area contributed by atoms with E-state index < -0.39 is 12.2 Å². The summed E-state index contributed by atoms with van der Waals surface area (Å²) < 4.78 is 14.9. The molecule has 5 rings (SSSR count). The van der Waals surface area contributed by atoms with Crippen molar-refractivity contribution in [3.63, 3.8) is 0 Å². The summed E-state index contributed by atoms with van der Waals surface area (Å²) in [6, 6.07) is 15.8. The van der Waals surface area contributed by atoms with Crippen molar-refractivity contribution in [3.05, 3.63) is 60.7 Å². The molecule has 2 aromatic heterocycles. The molecule has 10 heteroatoms. The molecule has 1 aliphatic rings. The number of hydrogen-bond donors (Lipinski definition) is 2. The van der Waals surface area contributed by atoms with Crippen LogP contribution in [-0.4, -0.2) is 49.3 Å². The number of carbonyl (C=O) groups excluding carboxylic acids is 1. The SMILES string of the molecule is CC(C)OC(=O)Nc1ccc(-c2c(C#N)c3ccc(OCC(O)Cn4cncn4)cc3n2C2CCC2)cc1. The van der Waals surface area contributed by atoms with Gasteiger partial charge in [-0.3, -0.25) is 10.00 Å². The third-order valence-corrected chi connectivity index (χ3v) is 6.58. The van der Waals surface area contributed by atoms with E-state index in [4.69, 9.17) is 9.47 Å². The van der Waals surface area contributed by atoms with Gasteiger partial charge >= 0.3 is 6.09 Å². The van der Waals surface area contributed by atoms with Crippen molar-refractivity contribution < 1.29 is 19.4 Å². The van der Waals surface area contributed by atoms with Crippen LogP contribution in [0.2, 0.25) is 0 Å². The number of aromatic nitrogens is 4. The molecule has 1 saturated carbocycles. The summed E-state index contributed by atoms with van der Waals surface area (Å²) >= 11 is 0. The zero-order chi connectivity index (χ0) is 26.6. The number of nitrogens with one attached hydrogen (secondary N) is 1. The number of rotatable bonds is 9. The fraction of sp³-hybridized carbons (Fsp3) is 0.357. The van der Waals surface area contributed by atoms with Gasteiger partial charge in [-0.15, -0.1) is 0 Å². The highest BCUT2D eigenvalue weighted by Gasteiger charge is 2.28. The van der Waals surface area contributed by atoms with Gasteiger partial charge in [0.2, 0.25) is 0 Å². The molecule has 0 bridgehead atoms. The van der Waals surface area contributed by atoms with E-state index in [1.54, 1.807) is 24.9 Å². The second-order valence-corrected chi connectivity index (χ2v) is 9.71. The molecule has 10 nitrogen and oxygen atoms in total. The van der Waals surface area contributed by atoms with E-state index >= 15 is 0 Å². The van der Waals surface area contributed by atoms with E-state index in [1.807, 2.05) is 42.5 Å². The van der Waals surface area contributed by atoms with Crippen LogP contribution in [0.15, 0.2) is 55.1 Å². The van der Waals surface area contributed by atoms with Gasteiger partial charge in [-0.1, -0.05) is 12.1 Å². The van der Waals surface area contributed by atoms with Crippen molar-refractivity contribution in [2.24, 2.45) is 0 Å². The number of amides is 1. The fourth-order valence-electron chi connectivity index (χ4n) is 4.66. The molecule has 0 aliphatic heterocycles. The minimum absolute atomic E-state index is 0.0984. The summed E-state index contributed by atoms with van der Waals surface area (Å²) in [6.07, 6.45) is 4.70. The molecule has 4 aromatic rings. The van der Waals surface area contributed by atoms with Gasteiger partial charge in [0.05, 0.1) is 29.4 Å². The maximum Gasteiger partial charge on any atom is 0.411 e. The standard InChI is InChI=1S/C28H30N6O4/c1-18(2)38-28(36)32-20-8-6-19(7-9-20)27-25(13-29)24-11-10-23(12-26(24)34(27)21-4-3-5-21)37-15-22(35)14-33-17-30-16-31-33/h6-12,16-18,21-22,35H,3-5,14-15H2,1-2H3,(H,32,36). The van der Waals surface area contributed by atoms with Crippen molar-refractivity contribution >= 4 is 22.7 Å². The zero-order valence-electron chi connectivity index (χ0n) is 21.4. The molecule has 38 heavy (non-hydrogen) atoms. The first kappa shape index (κ1) is 25.3. The van der Waals surface area contributed by atoms with Crippen LogP contribution < -0.4 is 10.1 Å². The van der Waals surface area contributed by atoms with E-state index in [2.05, 4.69) is 26.0 Å². The van der Waals surface area contributed by atoms with Gasteiger partial charge in [0.15, 0.2) is 0 Å². The van der Waals surface area contributed by atoms with Gasteiger partial charge in [-0.2, -0.15) is 10.4 Å². The monoisotopic (exact) mass is 514 g/mol. The average Bonchev–Trinajstić information content (AvgIpc) is 3.47. The molecular formula is C28H30N6O4. The minimum atomic E-state index is -0.749. The highest BCUT2D eigenvalue weighted by Crippen LogP contribution is 2.43. The summed E-state index contributed by atoms with van der Waals surface area (Å²) in [5.41, 5.74) is 3.88. The predicted molar refractivity (Wildman–Crippen MR) is 142 cm³/mol. The summed E-state index contributed by atoms with van der Waals surface area (Å²) in [6.45, 7) is 3.97. The van der Waals surface area contributed by atoms with Crippen LogP contribution in [0.1, 0.15) is 44.7 Å². The van der Waals surface area contributed by atoms with Crippen molar-refractivity contribution in [1.82, 2.24) is 19.3 Å².